The maximum Gasteiger partial charge on any atom is 0.162 e. The summed E-state index contributed by atoms with van der Waals surface area (Å²) in [5, 5.41) is 4.32. The molecule has 3 rings (SSSR count). The van der Waals surface area contributed by atoms with Crippen LogP contribution in [0.1, 0.15) is 5.69 Å². The number of rotatable bonds is 6. The van der Waals surface area contributed by atoms with Gasteiger partial charge in [0.05, 0.1) is 26.8 Å². The first-order valence-corrected chi connectivity index (χ1v) is 7.77. The molecular weight excluding hydrogens is 340 g/mol. The van der Waals surface area contributed by atoms with Gasteiger partial charge in [0.15, 0.2) is 11.5 Å². The average Bonchev–Trinajstić information content (AvgIpc) is 2.97. The SMILES string of the molecule is CNCc1[nH]c2cc(OC)c(OC)cc2c1-c1ccc(OC)cc1.Cl. The molecule has 0 aliphatic rings. The van der Waals surface area contributed by atoms with Crippen LogP contribution in [0.15, 0.2) is 36.4 Å². The van der Waals surface area contributed by atoms with Crippen molar-refractivity contribution in [1.29, 1.82) is 0 Å². The average molecular weight is 363 g/mol. The topological polar surface area (TPSA) is 55.5 Å². The fourth-order valence-electron chi connectivity index (χ4n) is 2.97. The van der Waals surface area contributed by atoms with E-state index in [-0.39, 0.29) is 12.4 Å². The molecular formula is C19H23ClN2O3. The number of benzene rings is 2. The molecule has 0 spiro atoms. The maximum absolute atomic E-state index is 5.47. The first kappa shape index (κ1) is 19.0. The van der Waals surface area contributed by atoms with Crippen molar-refractivity contribution in [1.82, 2.24) is 10.3 Å². The second-order valence-corrected chi connectivity index (χ2v) is 5.49. The molecule has 2 N–H and O–H groups in total. The van der Waals surface area contributed by atoms with Crippen LogP contribution < -0.4 is 19.5 Å². The lowest BCUT2D eigenvalue weighted by molar-refractivity contribution is 0.356. The number of nitrogens with one attached hydrogen (secondary N) is 2. The molecule has 0 atom stereocenters. The summed E-state index contributed by atoms with van der Waals surface area (Å²) in [6.07, 6.45) is 0. The normalized spacial score (nSPS) is 10.4. The lowest BCUT2D eigenvalue weighted by Crippen LogP contribution is -2.06. The second-order valence-electron chi connectivity index (χ2n) is 5.49. The van der Waals surface area contributed by atoms with Crippen LogP contribution in [-0.2, 0) is 6.54 Å². The summed E-state index contributed by atoms with van der Waals surface area (Å²) in [5.74, 6) is 2.27. The van der Waals surface area contributed by atoms with Crippen LogP contribution in [0.2, 0.25) is 0 Å². The molecule has 0 saturated carbocycles. The van der Waals surface area contributed by atoms with Crippen LogP contribution in [0.4, 0.5) is 0 Å². The van der Waals surface area contributed by atoms with E-state index in [0.29, 0.717) is 5.75 Å². The third-order valence-electron chi connectivity index (χ3n) is 4.11. The second kappa shape index (κ2) is 8.14. The number of aromatic amines is 1. The molecule has 134 valence electrons. The predicted octanol–water partition coefficient (Wildman–Crippen LogP) is 4.00. The number of fused-ring (bicyclic) bond motifs is 1. The summed E-state index contributed by atoms with van der Waals surface area (Å²) in [6.45, 7) is 0.737. The van der Waals surface area contributed by atoms with E-state index in [0.717, 1.165) is 45.8 Å². The number of methoxy groups -OCH3 is 3. The Morgan fingerprint density at radius 2 is 1.56 bits per heavy atom. The Bertz CT molecular complexity index is 844. The Morgan fingerprint density at radius 3 is 2.12 bits per heavy atom. The van der Waals surface area contributed by atoms with E-state index >= 15 is 0 Å². The molecule has 0 radical (unpaired) electrons. The summed E-state index contributed by atoms with van der Waals surface area (Å²) in [4.78, 5) is 3.49. The molecule has 5 nitrogen and oxygen atoms in total. The zero-order valence-electron chi connectivity index (χ0n) is 14.8. The highest BCUT2D eigenvalue weighted by Crippen LogP contribution is 2.39. The fraction of sp³-hybridized carbons (Fsp3) is 0.263. The Kier molecular flexibility index (Phi) is 6.17. The molecule has 6 heteroatoms. The van der Waals surface area contributed by atoms with E-state index in [9.17, 15) is 0 Å². The molecule has 2 aromatic carbocycles. The van der Waals surface area contributed by atoms with Gasteiger partial charge in [-0.1, -0.05) is 12.1 Å². The van der Waals surface area contributed by atoms with Gasteiger partial charge in [0.2, 0.25) is 0 Å². The van der Waals surface area contributed by atoms with Crippen LogP contribution in [0, 0.1) is 0 Å². The van der Waals surface area contributed by atoms with Gasteiger partial charge in [-0.05, 0) is 30.8 Å². The summed E-state index contributed by atoms with van der Waals surface area (Å²) in [5.41, 5.74) is 4.42. The van der Waals surface area contributed by atoms with Crippen molar-refractivity contribution >= 4 is 23.3 Å². The molecule has 0 bridgehead atoms. The van der Waals surface area contributed by atoms with Crippen LogP contribution >= 0.6 is 12.4 Å². The van der Waals surface area contributed by atoms with Crippen molar-refractivity contribution < 1.29 is 14.2 Å². The van der Waals surface area contributed by atoms with Crippen molar-refractivity contribution in [2.45, 2.75) is 6.54 Å². The number of aromatic nitrogens is 1. The zero-order valence-corrected chi connectivity index (χ0v) is 15.6. The lowest BCUT2D eigenvalue weighted by atomic mass is 10.0. The number of hydrogen-bond acceptors (Lipinski definition) is 4. The predicted molar refractivity (Wildman–Crippen MR) is 103 cm³/mol. The quantitative estimate of drug-likeness (QED) is 0.695. The molecule has 0 unspecified atom stereocenters. The van der Waals surface area contributed by atoms with Crippen LogP contribution in [-0.4, -0.2) is 33.4 Å². The smallest absolute Gasteiger partial charge is 0.162 e. The van der Waals surface area contributed by atoms with E-state index in [1.807, 2.05) is 31.3 Å². The third-order valence-corrected chi connectivity index (χ3v) is 4.11. The summed E-state index contributed by atoms with van der Waals surface area (Å²) in [7, 11) is 6.90. The van der Waals surface area contributed by atoms with Crippen molar-refractivity contribution in [2.75, 3.05) is 28.4 Å². The Balaban J connectivity index is 0.00000225. The minimum atomic E-state index is 0. The minimum absolute atomic E-state index is 0. The number of H-pyrrole nitrogens is 1. The van der Waals surface area contributed by atoms with Gasteiger partial charge < -0.3 is 24.5 Å². The number of halogens is 1. The van der Waals surface area contributed by atoms with Crippen molar-refractivity contribution in [3.8, 4) is 28.4 Å². The Labute approximate surface area is 153 Å². The largest absolute Gasteiger partial charge is 0.497 e. The van der Waals surface area contributed by atoms with Gasteiger partial charge in [0.1, 0.15) is 5.75 Å². The maximum atomic E-state index is 5.47. The van der Waals surface area contributed by atoms with Gasteiger partial charge in [-0.15, -0.1) is 12.4 Å². The van der Waals surface area contributed by atoms with Gasteiger partial charge in [-0.25, -0.2) is 0 Å². The van der Waals surface area contributed by atoms with E-state index in [2.05, 4.69) is 22.4 Å². The molecule has 0 saturated heterocycles. The summed E-state index contributed by atoms with van der Waals surface area (Å²) in [6, 6.07) is 12.1. The lowest BCUT2D eigenvalue weighted by Gasteiger charge is -2.09. The molecule has 1 aromatic heterocycles. The molecule has 25 heavy (non-hydrogen) atoms. The minimum Gasteiger partial charge on any atom is -0.497 e. The highest BCUT2D eigenvalue weighted by atomic mass is 35.5. The molecule has 0 amide bonds. The third kappa shape index (κ3) is 3.52. The van der Waals surface area contributed by atoms with E-state index in [4.69, 9.17) is 14.2 Å². The van der Waals surface area contributed by atoms with Crippen molar-refractivity contribution in [3.63, 3.8) is 0 Å². The van der Waals surface area contributed by atoms with Gasteiger partial charge in [0.25, 0.3) is 0 Å². The number of hydrogen-bond donors (Lipinski definition) is 2. The molecule has 0 aliphatic carbocycles. The van der Waals surface area contributed by atoms with E-state index in [1.54, 1.807) is 21.3 Å². The van der Waals surface area contributed by atoms with Crippen molar-refractivity contribution in [3.05, 3.63) is 42.1 Å². The van der Waals surface area contributed by atoms with Gasteiger partial charge >= 0.3 is 0 Å². The summed E-state index contributed by atoms with van der Waals surface area (Å²) >= 11 is 0. The first-order chi connectivity index (χ1) is 11.7. The van der Waals surface area contributed by atoms with E-state index in [1.165, 1.54) is 0 Å². The highest BCUT2D eigenvalue weighted by molar-refractivity contribution is 5.99. The summed E-state index contributed by atoms with van der Waals surface area (Å²) < 4.78 is 16.1. The van der Waals surface area contributed by atoms with Gasteiger partial charge in [-0.3, -0.25) is 0 Å². The van der Waals surface area contributed by atoms with Gasteiger partial charge in [0, 0.05) is 29.3 Å². The highest BCUT2D eigenvalue weighted by Gasteiger charge is 2.16. The Hall–Kier alpha value is -2.37. The standard InChI is InChI=1S/C19H22N2O3.ClH/c1-20-11-16-19(12-5-7-13(22-2)8-6-12)14-9-17(23-3)18(24-4)10-15(14)21-16;/h5-10,20-21H,11H2,1-4H3;1H. The molecule has 0 aliphatic heterocycles. The van der Waals surface area contributed by atoms with Crippen LogP contribution in [0.5, 0.6) is 17.2 Å². The van der Waals surface area contributed by atoms with Gasteiger partial charge in [-0.2, -0.15) is 0 Å². The number of ether oxygens (including phenoxy) is 3. The first-order valence-electron chi connectivity index (χ1n) is 7.77. The van der Waals surface area contributed by atoms with Crippen LogP contribution in [0.25, 0.3) is 22.0 Å². The Morgan fingerprint density at radius 1 is 0.920 bits per heavy atom. The monoisotopic (exact) mass is 362 g/mol. The van der Waals surface area contributed by atoms with Crippen LogP contribution in [0.3, 0.4) is 0 Å². The fourth-order valence-corrected chi connectivity index (χ4v) is 2.97. The molecule has 1 heterocycles. The molecule has 3 aromatic rings. The zero-order chi connectivity index (χ0) is 17.1. The molecule has 0 fully saturated rings. The van der Waals surface area contributed by atoms with E-state index < -0.39 is 0 Å². The van der Waals surface area contributed by atoms with Crippen molar-refractivity contribution in [2.24, 2.45) is 0 Å².